The molecule has 2 aliphatic rings. The topological polar surface area (TPSA) is 32.3 Å². The number of allylic oxidation sites excluding steroid dienone is 7. The summed E-state index contributed by atoms with van der Waals surface area (Å²) in [5.41, 5.74) is 6.11. The van der Waals surface area contributed by atoms with Crippen LogP contribution in [0.3, 0.4) is 0 Å². The molecule has 1 amide bonds. The lowest BCUT2D eigenvalue weighted by atomic mass is 9.90. The Balaban J connectivity index is 1.50. The Morgan fingerprint density at radius 1 is 0.829 bits per heavy atom. The quantitative estimate of drug-likeness (QED) is 0.172. The number of rotatable bonds is 16. The predicted octanol–water partition coefficient (Wildman–Crippen LogP) is 8.00. The Labute approximate surface area is 221 Å². The standard InChI is InChI=1S/C31H52N2OS/c1-26(2)11-6-12-27(3)13-7-14-28(4)15-8-16-29(5)17-23-35-24-20-32-30(34)25-31-18-9-21-33(31)22-10-19-31/h11,13,15,17H,6-10,12,14,16,18-25H2,1-5H3,(H,32,34). The van der Waals surface area contributed by atoms with E-state index in [1.54, 1.807) is 0 Å². The maximum Gasteiger partial charge on any atom is 0.221 e. The van der Waals surface area contributed by atoms with E-state index < -0.39 is 0 Å². The molecular weight excluding hydrogens is 448 g/mol. The fourth-order valence-corrected chi connectivity index (χ4v) is 6.23. The van der Waals surface area contributed by atoms with Crippen molar-refractivity contribution in [2.24, 2.45) is 0 Å². The van der Waals surface area contributed by atoms with Crippen LogP contribution in [0.2, 0.25) is 0 Å². The highest BCUT2D eigenvalue weighted by Crippen LogP contribution is 2.41. The molecule has 0 aliphatic carbocycles. The molecule has 0 atom stereocenters. The summed E-state index contributed by atoms with van der Waals surface area (Å²) in [6.07, 6.45) is 22.1. The van der Waals surface area contributed by atoms with Crippen LogP contribution in [0.5, 0.6) is 0 Å². The van der Waals surface area contributed by atoms with Crippen LogP contribution in [0.1, 0.15) is 105 Å². The van der Waals surface area contributed by atoms with Crippen molar-refractivity contribution in [3.63, 3.8) is 0 Å². The van der Waals surface area contributed by atoms with Gasteiger partial charge in [0.05, 0.1) is 0 Å². The lowest BCUT2D eigenvalue weighted by Crippen LogP contribution is -2.43. The molecule has 198 valence electrons. The number of hydrogen-bond acceptors (Lipinski definition) is 3. The third kappa shape index (κ3) is 12.0. The van der Waals surface area contributed by atoms with E-state index in [0.717, 1.165) is 43.7 Å². The van der Waals surface area contributed by atoms with Crippen molar-refractivity contribution < 1.29 is 4.79 Å². The highest BCUT2D eigenvalue weighted by atomic mass is 32.2. The van der Waals surface area contributed by atoms with Crippen molar-refractivity contribution in [2.75, 3.05) is 31.1 Å². The molecule has 4 heteroatoms. The van der Waals surface area contributed by atoms with Gasteiger partial charge in [0.25, 0.3) is 0 Å². The molecule has 0 aromatic carbocycles. The van der Waals surface area contributed by atoms with Crippen LogP contribution in [0.4, 0.5) is 0 Å². The Kier molecular flexibility index (Phi) is 14.1. The third-order valence-electron chi connectivity index (χ3n) is 7.57. The lowest BCUT2D eigenvalue weighted by Gasteiger charge is -2.31. The van der Waals surface area contributed by atoms with Gasteiger partial charge in [-0.25, -0.2) is 0 Å². The molecule has 0 saturated carbocycles. The Morgan fingerprint density at radius 2 is 1.37 bits per heavy atom. The van der Waals surface area contributed by atoms with Crippen LogP contribution in [0, 0.1) is 0 Å². The maximum atomic E-state index is 12.4. The Bertz CT molecular complexity index is 763. The molecule has 2 saturated heterocycles. The van der Waals surface area contributed by atoms with Gasteiger partial charge in [-0.15, -0.1) is 0 Å². The van der Waals surface area contributed by atoms with Gasteiger partial charge in [-0.3, -0.25) is 9.69 Å². The summed E-state index contributed by atoms with van der Waals surface area (Å²) in [5.74, 6) is 2.29. The van der Waals surface area contributed by atoms with Gasteiger partial charge < -0.3 is 5.32 Å². The van der Waals surface area contributed by atoms with Gasteiger partial charge in [0.1, 0.15) is 0 Å². The zero-order chi connectivity index (χ0) is 25.5. The number of hydrogen-bond donors (Lipinski definition) is 1. The van der Waals surface area contributed by atoms with Gasteiger partial charge in [-0.05, 0) is 112 Å². The van der Waals surface area contributed by atoms with Crippen molar-refractivity contribution in [3.05, 3.63) is 46.6 Å². The summed E-state index contributed by atoms with van der Waals surface area (Å²) >= 11 is 1.92. The first-order chi connectivity index (χ1) is 16.8. The summed E-state index contributed by atoms with van der Waals surface area (Å²) in [6.45, 7) is 14.3. The molecule has 0 radical (unpaired) electrons. The minimum Gasteiger partial charge on any atom is -0.355 e. The molecule has 2 aliphatic heterocycles. The molecule has 2 heterocycles. The SMILES string of the molecule is CC(C)=CCCC(C)=CCCC(C)=CCCC(C)=CCSCCNC(=O)CC12CCCN1CCC2. The highest BCUT2D eigenvalue weighted by molar-refractivity contribution is 7.99. The van der Waals surface area contributed by atoms with E-state index in [2.05, 4.69) is 69.1 Å². The number of amides is 1. The number of nitrogens with one attached hydrogen (secondary N) is 1. The van der Waals surface area contributed by atoms with Crippen molar-refractivity contribution in [1.82, 2.24) is 10.2 Å². The van der Waals surface area contributed by atoms with Gasteiger partial charge in [-0.2, -0.15) is 11.8 Å². The highest BCUT2D eigenvalue weighted by Gasteiger charge is 2.45. The summed E-state index contributed by atoms with van der Waals surface area (Å²) < 4.78 is 0. The van der Waals surface area contributed by atoms with E-state index in [4.69, 9.17) is 0 Å². The van der Waals surface area contributed by atoms with Crippen LogP contribution in [-0.2, 0) is 4.79 Å². The second-order valence-corrected chi connectivity index (χ2v) is 12.2. The van der Waals surface area contributed by atoms with E-state index >= 15 is 0 Å². The summed E-state index contributed by atoms with van der Waals surface area (Å²) in [7, 11) is 0. The normalized spacial score (nSPS) is 18.6. The largest absolute Gasteiger partial charge is 0.355 e. The number of fused-ring (bicyclic) bond motifs is 1. The second kappa shape index (κ2) is 16.5. The molecule has 1 N–H and O–H groups in total. The molecular formula is C31H52N2OS. The lowest BCUT2D eigenvalue weighted by molar-refractivity contribution is -0.123. The second-order valence-electron chi connectivity index (χ2n) is 11.1. The number of thioether (sulfide) groups is 1. The molecule has 35 heavy (non-hydrogen) atoms. The summed E-state index contributed by atoms with van der Waals surface area (Å²) in [6, 6.07) is 0. The molecule has 0 aromatic rings. The van der Waals surface area contributed by atoms with Crippen molar-refractivity contribution in [1.29, 1.82) is 0 Å². The van der Waals surface area contributed by atoms with Gasteiger partial charge >= 0.3 is 0 Å². The zero-order valence-electron chi connectivity index (χ0n) is 23.4. The molecule has 3 nitrogen and oxygen atoms in total. The Hall–Kier alpha value is -1.26. The van der Waals surface area contributed by atoms with E-state index in [0.29, 0.717) is 6.42 Å². The summed E-state index contributed by atoms with van der Waals surface area (Å²) in [4.78, 5) is 15.0. The van der Waals surface area contributed by atoms with Crippen molar-refractivity contribution in [2.45, 2.75) is 111 Å². The molecule has 2 fully saturated rings. The average Bonchev–Trinajstić information content (AvgIpc) is 3.35. The Morgan fingerprint density at radius 3 is 1.94 bits per heavy atom. The maximum absolute atomic E-state index is 12.4. The average molecular weight is 501 g/mol. The van der Waals surface area contributed by atoms with Crippen LogP contribution in [0.15, 0.2) is 46.6 Å². The van der Waals surface area contributed by atoms with Crippen molar-refractivity contribution in [3.8, 4) is 0 Å². The zero-order valence-corrected chi connectivity index (χ0v) is 24.2. The molecule has 2 rings (SSSR count). The minimum atomic E-state index is 0.199. The first-order valence-electron chi connectivity index (χ1n) is 14.0. The van der Waals surface area contributed by atoms with Gasteiger partial charge in [0.2, 0.25) is 5.91 Å². The van der Waals surface area contributed by atoms with E-state index in [1.165, 1.54) is 73.9 Å². The molecule has 0 spiro atoms. The fourth-order valence-electron chi connectivity index (χ4n) is 5.41. The monoisotopic (exact) mass is 500 g/mol. The van der Waals surface area contributed by atoms with Gasteiger partial charge in [-0.1, -0.05) is 46.6 Å². The van der Waals surface area contributed by atoms with Crippen LogP contribution < -0.4 is 5.32 Å². The van der Waals surface area contributed by atoms with Gasteiger partial charge in [0.15, 0.2) is 0 Å². The first kappa shape index (κ1) is 30.0. The van der Waals surface area contributed by atoms with E-state index in [-0.39, 0.29) is 11.4 Å². The van der Waals surface area contributed by atoms with Crippen molar-refractivity contribution >= 4 is 17.7 Å². The van der Waals surface area contributed by atoms with Gasteiger partial charge in [0, 0.05) is 30.0 Å². The number of carbonyl (C=O) groups is 1. The fraction of sp³-hybridized carbons (Fsp3) is 0.710. The predicted molar refractivity (Wildman–Crippen MR) is 156 cm³/mol. The molecule has 0 bridgehead atoms. The number of nitrogens with zero attached hydrogens (tertiary/aromatic N) is 1. The van der Waals surface area contributed by atoms with Crippen LogP contribution >= 0.6 is 11.8 Å². The molecule has 0 aromatic heterocycles. The first-order valence-corrected chi connectivity index (χ1v) is 15.2. The van der Waals surface area contributed by atoms with Crippen LogP contribution in [-0.4, -0.2) is 47.5 Å². The van der Waals surface area contributed by atoms with E-state index in [1.807, 2.05) is 11.8 Å². The van der Waals surface area contributed by atoms with E-state index in [9.17, 15) is 4.79 Å². The number of carbonyl (C=O) groups excluding carboxylic acids is 1. The molecule has 0 unspecified atom stereocenters. The minimum absolute atomic E-state index is 0.199. The van der Waals surface area contributed by atoms with Crippen LogP contribution in [0.25, 0.3) is 0 Å². The third-order valence-corrected chi connectivity index (χ3v) is 8.47. The smallest absolute Gasteiger partial charge is 0.221 e. The summed E-state index contributed by atoms with van der Waals surface area (Å²) in [5, 5.41) is 3.17.